The molecule has 0 aliphatic carbocycles. The maximum absolute atomic E-state index is 12.8. The number of terminal acetylenes is 1. The molecule has 20 heavy (non-hydrogen) atoms. The van der Waals surface area contributed by atoms with Crippen LogP contribution >= 0.6 is 11.6 Å². The molecule has 3 nitrogen and oxygen atoms in total. The van der Waals surface area contributed by atoms with E-state index in [-0.39, 0.29) is 21.9 Å². The first kappa shape index (κ1) is 14.3. The zero-order chi connectivity index (χ0) is 15.1. The molecule has 1 aromatic rings. The molecule has 1 aromatic carbocycles. The number of carboxylic acid groups (broad SMARTS) is 1. The molecule has 7 heteroatoms. The van der Waals surface area contributed by atoms with Crippen molar-refractivity contribution in [2.45, 2.75) is 12.3 Å². The monoisotopic (exact) mass is 301 g/mol. The highest BCUT2D eigenvalue weighted by Gasteiger charge is 2.46. The van der Waals surface area contributed by atoms with E-state index in [1.807, 2.05) is 0 Å². The quantitative estimate of drug-likeness (QED) is 0.743. The Hall–Kier alpha value is -2.13. The highest BCUT2D eigenvalue weighted by atomic mass is 35.5. The molecule has 0 saturated carbocycles. The number of alkyl halides is 3. The van der Waals surface area contributed by atoms with Gasteiger partial charge in [-0.15, -0.1) is 6.42 Å². The van der Waals surface area contributed by atoms with Crippen LogP contribution in [0.3, 0.4) is 0 Å². The number of aliphatic carboxylic acids is 1. The van der Waals surface area contributed by atoms with E-state index in [0.717, 1.165) is 6.08 Å². The van der Waals surface area contributed by atoms with Gasteiger partial charge in [-0.1, -0.05) is 17.5 Å². The Morgan fingerprint density at radius 2 is 2.10 bits per heavy atom. The van der Waals surface area contributed by atoms with E-state index in [2.05, 4.69) is 10.7 Å². The molecular weight excluding hydrogens is 297 g/mol. The Bertz CT molecular complexity index is 656. The lowest BCUT2D eigenvalue weighted by Crippen LogP contribution is -2.44. The molecule has 1 atom stereocenters. The van der Waals surface area contributed by atoms with E-state index in [0.29, 0.717) is 0 Å². The Morgan fingerprint density at radius 1 is 1.45 bits per heavy atom. The van der Waals surface area contributed by atoms with Gasteiger partial charge in [0, 0.05) is 16.7 Å². The van der Waals surface area contributed by atoms with Crippen molar-refractivity contribution in [3.63, 3.8) is 0 Å². The van der Waals surface area contributed by atoms with Gasteiger partial charge in [-0.3, -0.25) is 0 Å². The largest absolute Gasteiger partial charge is 0.545 e. The van der Waals surface area contributed by atoms with Gasteiger partial charge in [0.05, 0.1) is 11.0 Å². The van der Waals surface area contributed by atoms with Crippen LogP contribution in [0.1, 0.15) is 11.1 Å². The van der Waals surface area contributed by atoms with Crippen LogP contribution in [0.25, 0.3) is 6.08 Å². The van der Waals surface area contributed by atoms with Crippen LogP contribution in [0.2, 0.25) is 5.02 Å². The normalized spacial score (nSPS) is 17.6. The summed E-state index contributed by atoms with van der Waals surface area (Å²) < 4.78 is 43.1. The highest BCUT2D eigenvalue weighted by molar-refractivity contribution is 6.32. The third-order valence-corrected chi connectivity index (χ3v) is 2.88. The second-order valence-electron chi connectivity index (χ2n) is 3.95. The van der Waals surface area contributed by atoms with Crippen molar-refractivity contribution in [3.05, 3.63) is 33.9 Å². The number of hydrogen-bond acceptors (Lipinski definition) is 3. The van der Waals surface area contributed by atoms with Gasteiger partial charge in [0.1, 0.15) is 5.75 Å². The van der Waals surface area contributed by atoms with Gasteiger partial charge in [-0.05, 0) is 18.2 Å². The number of ether oxygens (including phenoxy) is 1. The summed E-state index contributed by atoms with van der Waals surface area (Å²) in [6.07, 6.45) is -1.57. The van der Waals surface area contributed by atoms with Gasteiger partial charge >= 0.3 is 6.18 Å². The fraction of sp³-hybridized carbons (Fsp3) is 0.154. The molecule has 0 radical (unpaired) electrons. The minimum absolute atomic E-state index is 0.0603. The van der Waals surface area contributed by atoms with Crippen molar-refractivity contribution in [3.8, 4) is 18.1 Å². The summed E-state index contributed by atoms with van der Waals surface area (Å²) in [6.45, 7) is 0. The molecule has 0 aromatic heterocycles. The summed E-state index contributed by atoms with van der Waals surface area (Å²) in [4.78, 5) is 10.8. The fourth-order valence-corrected chi connectivity index (χ4v) is 2.03. The minimum atomic E-state index is -4.91. The predicted octanol–water partition coefficient (Wildman–Crippen LogP) is 1.78. The van der Waals surface area contributed by atoms with E-state index in [4.69, 9.17) is 18.0 Å². The molecule has 2 rings (SSSR count). The molecule has 1 aliphatic rings. The number of halogens is 4. The number of hydrogen-bond donors (Lipinski definition) is 0. The maximum Gasteiger partial charge on any atom is 0.429 e. The smallest absolute Gasteiger partial charge is 0.429 e. The number of carboxylic acids is 1. The fourth-order valence-electron chi connectivity index (χ4n) is 1.76. The summed E-state index contributed by atoms with van der Waals surface area (Å²) in [5, 5.41) is 10.7. The number of fused-ring (bicyclic) bond motifs is 1. The predicted molar refractivity (Wildman–Crippen MR) is 62.8 cm³/mol. The van der Waals surface area contributed by atoms with Crippen molar-refractivity contribution in [2.24, 2.45) is 0 Å². The van der Waals surface area contributed by atoms with Crippen LogP contribution < -0.4 is 9.84 Å². The highest BCUT2D eigenvalue weighted by Crippen LogP contribution is 2.41. The zero-order valence-corrected chi connectivity index (χ0v) is 10.4. The molecule has 0 spiro atoms. The maximum atomic E-state index is 12.8. The Kier molecular flexibility index (Phi) is 3.40. The molecule has 1 heterocycles. The number of carbonyl (C=O) groups excluding carboxylic acids is 1. The van der Waals surface area contributed by atoms with Crippen LogP contribution in [-0.4, -0.2) is 18.2 Å². The van der Waals surface area contributed by atoms with E-state index in [1.165, 1.54) is 12.1 Å². The Morgan fingerprint density at radius 3 is 2.60 bits per heavy atom. The average Bonchev–Trinajstić information content (AvgIpc) is 2.35. The number of rotatable bonds is 1. The third-order valence-electron chi connectivity index (χ3n) is 2.60. The van der Waals surface area contributed by atoms with E-state index >= 15 is 0 Å². The van der Waals surface area contributed by atoms with E-state index in [9.17, 15) is 23.1 Å². The minimum Gasteiger partial charge on any atom is -0.545 e. The van der Waals surface area contributed by atoms with Gasteiger partial charge < -0.3 is 14.6 Å². The van der Waals surface area contributed by atoms with Crippen molar-refractivity contribution in [1.82, 2.24) is 0 Å². The van der Waals surface area contributed by atoms with Gasteiger partial charge in [0.15, 0.2) is 0 Å². The van der Waals surface area contributed by atoms with Gasteiger partial charge in [-0.25, -0.2) is 0 Å². The first-order valence-electron chi connectivity index (χ1n) is 5.20. The van der Waals surface area contributed by atoms with Crippen molar-refractivity contribution < 1.29 is 27.8 Å². The summed E-state index contributed by atoms with van der Waals surface area (Å²) >= 11 is 5.79. The number of carbonyl (C=O) groups is 1. The summed E-state index contributed by atoms with van der Waals surface area (Å²) in [5.41, 5.74) is -0.683. The van der Waals surface area contributed by atoms with Crippen LogP contribution in [0.15, 0.2) is 17.7 Å². The van der Waals surface area contributed by atoms with Crippen molar-refractivity contribution in [1.29, 1.82) is 0 Å². The lowest BCUT2D eigenvalue weighted by atomic mass is 9.99. The second kappa shape index (κ2) is 4.76. The molecule has 104 valence electrons. The first-order chi connectivity index (χ1) is 9.24. The summed E-state index contributed by atoms with van der Waals surface area (Å²) in [5.74, 6) is 0.0111. The first-order valence-corrected chi connectivity index (χ1v) is 5.58. The number of benzene rings is 1. The topological polar surface area (TPSA) is 49.4 Å². The van der Waals surface area contributed by atoms with Gasteiger partial charge in [0.2, 0.25) is 6.10 Å². The molecule has 0 amide bonds. The van der Waals surface area contributed by atoms with Gasteiger partial charge in [0.25, 0.3) is 0 Å². The lowest BCUT2D eigenvalue weighted by Gasteiger charge is -2.29. The van der Waals surface area contributed by atoms with E-state index < -0.39 is 23.8 Å². The van der Waals surface area contributed by atoms with Crippen LogP contribution in [-0.2, 0) is 4.79 Å². The molecule has 1 aliphatic heterocycles. The standard InChI is InChI=1S/C13H6ClF3O3/c1-2-6-3-7-5-8(12(18)19)11(13(15,16)17)20-10(7)9(14)4-6/h1,3-5,11H,(H,18,19)/p-1/t11-/m0/s1. The van der Waals surface area contributed by atoms with Crippen LogP contribution in [0.5, 0.6) is 5.75 Å². The molecular formula is C13H5ClF3O3-. The zero-order valence-electron chi connectivity index (χ0n) is 9.62. The van der Waals surface area contributed by atoms with Crippen LogP contribution in [0.4, 0.5) is 13.2 Å². The van der Waals surface area contributed by atoms with Gasteiger partial charge in [-0.2, -0.15) is 13.2 Å². The third kappa shape index (κ3) is 2.45. The average molecular weight is 302 g/mol. The second-order valence-corrected chi connectivity index (χ2v) is 4.35. The Balaban J connectivity index is 2.63. The van der Waals surface area contributed by atoms with E-state index in [1.54, 1.807) is 0 Å². The SMILES string of the molecule is C#Cc1cc(Cl)c2c(c1)C=C(C(=O)[O-])[C@@H](C(F)(F)F)O2. The molecule has 0 unspecified atom stereocenters. The van der Waals surface area contributed by atoms with Crippen LogP contribution in [0, 0.1) is 12.3 Å². The summed E-state index contributed by atoms with van der Waals surface area (Å²) in [6, 6.07) is 2.56. The molecule has 0 N–H and O–H groups in total. The summed E-state index contributed by atoms with van der Waals surface area (Å²) in [7, 11) is 0. The molecule has 0 saturated heterocycles. The molecule has 0 bridgehead atoms. The van der Waals surface area contributed by atoms with Crippen molar-refractivity contribution >= 4 is 23.6 Å². The Labute approximate surface area is 116 Å². The molecule has 0 fully saturated rings. The van der Waals surface area contributed by atoms with Crippen molar-refractivity contribution in [2.75, 3.05) is 0 Å². The lowest BCUT2D eigenvalue weighted by molar-refractivity contribution is -0.302.